The zero-order valence-electron chi connectivity index (χ0n) is 16.8. The number of aromatic nitrogens is 3. The van der Waals surface area contributed by atoms with E-state index in [4.69, 9.17) is 5.10 Å². The molecule has 7 nitrogen and oxygen atoms in total. The van der Waals surface area contributed by atoms with Gasteiger partial charge in [-0.15, -0.1) is 5.10 Å². The molecule has 1 aliphatic carbocycles. The van der Waals surface area contributed by atoms with Crippen molar-refractivity contribution in [2.24, 2.45) is 5.41 Å². The summed E-state index contributed by atoms with van der Waals surface area (Å²) in [6.07, 6.45) is 1.21. The van der Waals surface area contributed by atoms with E-state index < -0.39 is 6.04 Å². The van der Waals surface area contributed by atoms with Gasteiger partial charge in [-0.2, -0.15) is 4.98 Å². The van der Waals surface area contributed by atoms with Crippen LogP contribution in [0.15, 0.2) is 59.8 Å². The van der Waals surface area contributed by atoms with Crippen molar-refractivity contribution in [1.82, 2.24) is 14.8 Å². The van der Waals surface area contributed by atoms with Gasteiger partial charge < -0.3 is 15.5 Å². The molecule has 0 bridgehead atoms. The van der Waals surface area contributed by atoms with E-state index in [-0.39, 0.29) is 22.7 Å². The van der Waals surface area contributed by atoms with Crippen LogP contribution in [-0.4, -0.2) is 30.8 Å². The summed E-state index contributed by atoms with van der Waals surface area (Å²) in [5.74, 6) is 1.52. The predicted molar refractivity (Wildman–Crippen MR) is 112 cm³/mol. The van der Waals surface area contributed by atoms with Gasteiger partial charge >= 0.3 is 0 Å². The Bertz CT molecular complexity index is 1170. The van der Waals surface area contributed by atoms with Gasteiger partial charge in [-0.05, 0) is 53.8 Å². The molecule has 1 aromatic heterocycles. The van der Waals surface area contributed by atoms with Crippen molar-refractivity contribution in [3.05, 3.63) is 65.4 Å². The third kappa shape index (κ3) is 3.03. The standard InChI is InChI=1S/C23H22N4O3/c1-23(2)11-17-19(18(30)12-23)20(13-3-7-15(28)8-4-13)27-22(24-17)25-21(26-27)14-5-9-16(29)10-6-14/h3-10,20,28-29H,11-12H2,1-2H3,(H,24,25,26). The van der Waals surface area contributed by atoms with Crippen LogP contribution in [0.2, 0.25) is 0 Å². The van der Waals surface area contributed by atoms with Gasteiger partial charge in [0.15, 0.2) is 11.6 Å². The van der Waals surface area contributed by atoms with Crippen LogP contribution in [-0.2, 0) is 4.79 Å². The maximum Gasteiger partial charge on any atom is 0.226 e. The van der Waals surface area contributed by atoms with E-state index in [1.807, 2.05) is 12.1 Å². The van der Waals surface area contributed by atoms with Crippen LogP contribution in [0.1, 0.15) is 38.3 Å². The molecule has 2 heterocycles. The number of carbonyl (C=O) groups is 1. The second-order valence-electron chi connectivity index (χ2n) is 8.70. The van der Waals surface area contributed by atoms with Crippen LogP contribution in [0, 0.1) is 5.41 Å². The lowest BCUT2D eigenvalue weighted by molar-refractivity contribution is -0.118. The van der Waals surface area contributed by atoms with Gasteiger partial charge in [-0.3, -0.25) is 4.79 Å². The molecule has 0 spiro atoms. The zero-order chi connectivity index (χ0) is 21.0. The summed E-state index contributed by atoms with van der Waals surface area (Å²) >= 11 is 0. The van der Waals surface area contributed by atoms with E-state index >= 15 is 0 Å². The molecule has 2 aliphatic rings. The Hall–Kier alpha value is -3.61. The Kier molecular flexibility index (Phi) is 3.96. The zero-order valence-corrected chi connectivity index (χ0v) is 16.8. The lowest BCUT2D eigenvalue weighted by atomic mass is 9.73. The average Bonchev–Trinajstić information content (AvgIpc) is 3.10. The molecule has 1 unspecified atom stereocenters. The van der Waals surface area contributed by atoms with Crippen molar-refractivity contribution in [2.75, 3.05) is 5.32 Å². The molecule has 2 aromatic carbocycles. The van der Waals surface area contributed by atoms with E-state index in [9.17, 15) is 15.0 Å². The van der Waals surface area contributed by atoms with Crippen molar-refractivity contribution in [3.8, 4) is 22.9 Å². The van der Waals surface area contributed by atoms with Gasteiger partial charge in [-0.25, -0.2) is 4.68 Å². The Morgan fingerprint density at radius 1 is 1.00 bits per heavy atom. The largest absolute Gasteiger partial charge is 0.508 e. The highest BCUT2D eigenvalue weighted by molar-refractivity contribution is 6.00. The normalized spacial score (nSPS) is 19.8. The van der Waals surface area contributed by atoms with Crippen molar-refractivity contribution in [2.45, 2.75) is 32.7 Å². The number of aromatic hydroxyl groups is 2. The fourth-order valence-corrected chi connectivity index (χ4v) is 4.31. The second-order valence-corrected chi connectivity index (χ2v) is 8.70. The van der Waals surface area contributed by atoms with Crippen molar-refractivity contribution >= 4 is 11.7 Å². The quantitative estimate of drug-likeness (QED) is 0.599. The number of benzene rings is 2. The minimum Gasteiger partial charge on any atom is -0.508 e. The Morgan fingerprint density at radius 2 is 1.63 bits per heavy atom. The number of Topliss-reactive ketones (excluding diaryl/α,β-unsaturated/α-hetero) is 1. The Morgan fingerprint density at radius 3 is 2.30 bits per heavy atom. The van der Waals surface area contributed by atoms with Gasteiger partial charge in [0, 0.05) is 23.3 Å². The summed E-state index contributed by atoms with van der Waals surface area (Å²) in [6.45, 7) is 4.18. The number of nitrogens with one attached hydrogen (secondary N) is 1. The monoisotopic (exact) mass is 402 g/mol. The lowest BCUT2D eigenvalue weighted by Gasteiger charge is -2.38. The molecule has 0 radical (unpaired) electrons. The molecule has 0 saturated carbocycles. The van der Waals surface area contributed by atoms with E-state index in [0.29, 0.717) is 23.8 Å². The van der Waals surface area contributed by atoms with E-state index in [1.165, 1.54) is 0 Å². The number of rotatable bonds is 2. The molecule has 1 atom stereocenters. The minimum atomic E-state index is -0.418. The minimum absolute atomic E-state index is 0.0964. The molecule has 7 heteroatoms. The Balaban J connectivity index is 1.67. The number of allylic oxidation sites excluding steroid dienone is 2. The topological polar surface area (TPSA) is 100 Å². The maximum atomic E-state index is 13.2. The van der Waals surface area contributed by atoms with Crippen LogP contribution in [0.4, 0.5) is 5.95 Å². The maximum absolute atomic E-state index is 13.2. The van der Waals surface area contributed by atoms with Crippen LogP contribution in [0.25, 0.3) is 11.4 Å². The molecule has 152 valence electrons. The average molecular weight is 402 g/mol. The van der Waals surface area contributed by atoms with Gasteiger partial charge in [0.05, 0.1) is 0 Å². The first-order valence-electron chi connectivity index (χ1n) is 9.89. The summed E-state index contributed by atoms with van der Waals surface area (Å²) in [6, 6.07) is 13.1. The summed E-state index contributed by atoms with van der Waals surface area (Å²) in [5.41, 5.74) is 3.08. The van der Waals surface area contributed by atoms with Crippen molar-refractivity contribution in [3.63, 3.8) is 0 Å². The van der Waals surface area contributed by atoms with E-state index in [0.717, 1.165) is 23.2 Å². The predicted octanol–water partition coefficient (Wildman–Crippen LogP) is 4.01. The summed E-state index contributed by atoms with van der Waals surface area (Å²) in [7, 11) is 0. The van der Waals surface area contributed by atoms with E-state index in [2.05, 4.69) is 24.1 Å². The van der Waals surface area contributed by atoms with Gasteiger partial charge in [0.2, 0.25) is 5.95 Å². The molecular formula is C23H22N4O3. The number of hydrogen-bond donors (Lipinski definition) is 3. The number of phenols is 2. The molecule has 0 amide bonds. The summed E-state index contributed by atoms with van der Waals surface area (Å²) < 4.78 is 1.74. The summed E-state index contributed by atoms with van der Waals surface area (Å²) in [4.78, 5) is 17.9. The fourth-order valence-electron chi connectivity index (χ4n) is 4.31. The SMILES string of the molecule is CC1(C)CC(=O)C2=C(C1)Nc1nc(-c3ccc(O)cc3)nn1C2c1ccc(O)cc1. The highest BCUT2D eigenvalue weighted by Gasteiger charge is 2.41. The molecule has 3 aromatic rings. The molecular weight excluding hydrogens is 380 g/mol. The number of phenolic OH excluding ortho intramolecular Hbond substituents is 2. The molecule has 0 saturated heterocycles. The number of hydrogen-bond acceptors (Lipinski definition) is 6. The van der Waals surface area contributed by atoms with Crippen LogP contribution >= 0.6 is 0 Å². The number of carbonyl (C=O) groups excluding carboxylic acids is 1. The Labute approximate surface area is 173 Å². The molecule has 5 rings (SSSR count). The molecule has 3 N–H and O–H groups in total. The molecule has 30 heavy (non-hydrogen) atoms. The highest BCUT2D eigenvalue weighted by Crippen LogP contribution is 2.45. The van der Waals surface area contributed by atoms with E-state index in [1.54, 1.807) is 41.1 Å². The number of nitrogens with zero attached hydrogens (tertiary/aromatic N) is 3. The van der Waals surface area contributed by atoms with Crippen molar-refractivity contribution < 1.29 is 15.0 Å². The van der Waals surface area contributed by atoms with Gasteiger partial charge in [-0.1, -0.05) is 26.0 Å². The molecule has 0 fully saturated rings. The highest BCUT2D eigenvalue weighted by atomic mass is 16.3. The fraction of sp³-hybridized carbons (Fsp3) is 0.261. The van der Waals surface area contributed by atoms with Crippen molar-refractivity contribution in [1.29, 1.82) is 0 Å². The smallest absolute Gasteiger partial charge is 0.226 e. The summed E-state index contributed by atoms with van der Waals surface area (Å²) in [5, 5.41) is 27.4. The first kappa shape index (κ1) is 18.4. The first-order chi connectivity index (χ1) is 14.3. The number of ketones is 1. The lowest BCUT2D eigenvalue weighted by Crippen LogP contribution is -2.36. The number of fused-ring (bicyclic) bond motifs is 1. The molecule has 1 aliphatic heterocycles. The number of anilines is 1. The first-order valence-corrected chi connectivity index (χ1v) is 9.89. The van der Waals surface area contributed by atoms with Gasteiger partial charge in [0.25, 0.3) is 0 Å². The third-order valence-electron chi connectivity index (χ3n) is 5.67. The van der Waals surface area contributed by atoms with Gasteiger partial charge in [0.1, 0.15) is 17.5 Å². The van der Waals surface area contributed by atoms with Crippen LogP contribution in [0.3, 0.4) is 0 Å². The second kappa shape index (κ2) is 6.45. The van der Waals surface area contributed by atoms with Crippen LogP contribution < -0.4 is 5.32 Å². The van der Waals surface area contributed by atoms with Crippen LogP contribution in [0.5, 0.6) is 11.5 Å². The third-order valence-corrected chi connectivity index (χ3v) is 5.67.